The lowest BCUT2D eigenvalue weighted by Gasteiger charge is -2.13. The average Bonchev–Trinajstić information content (AvgIpc) is 3.75. The molecule has 2 aliphatic rings. The quantitative estimate of drug-likeness (QED) is 0.0292. The monoisotopic (exact) mass is 838 g/mol. The maximum atomic E-state index is 14.6. The summed E-state index contributed by atoms with van der Waals surface area (Å²) >= 11 is 0. The second-order valence-corrected chi connectivity index (χ2v) is 12.6. The van der Waals surface area contributed by atoms with Crippen LogP contribution in [0.4, 0.5) is 17.6 Å². The molecule has 0 saturated heterocycles. The number of hydrogen-bond donors (Lipinski definition) is 0. The molecule has 0 spiro atoms. The molecule has 314 valence electrons. The summed E-state index contributed by atoms with van der Waals surface area (Å²) in [5, 5.41) is 0. The minimum absolute atomic E-state index is 0.00632. The zero-order chi connectivity index (χ0) is 42.9. The van der Waals surface area contributed by atoms with Crippen molar-refractivity contribution in [2.24, 2.45) is 0 Å². The van der Waals surface area contributed by atoms with Gasteiger partial charge in [-0.15, -0.1) is 17.6 Å². The Labute approximate surface area is 338 Å². The van der Waals surface area contributed by atoms with Crippen LogP contribution in [0.5, 0.6) is 46.0 Å². The normalized spacial score (nSPS) is 13.7. The Kier molecular flexibility index (Phi) is 13.1. The predicted octanol–water partition coefficient (Wildman–Crippen LogP) is 8.21. The Balaban J connectivity index is 1.08. The van der Waals surface area contributed by atoms with Crippen molar-refractivity contribution in [3.05, 3.63) is 109 Å². The molecule has 0 saturated carbocycles. The van der Waals surface area contributed by atoms with Gasteiger partial charge in [-0.1, -0.05) is 13.2 Å². The lowest BCUT2D eigenvalue weighted by Crippen LogP contribution is -2.26. The zero-order valence-electron chi connectivity index (χ0n) is 31.4. The molecule has 0 atom stereocenters. The van der Waals surface area contributed by atoms with Crippen molar-refractivity contribution in [3.63, 3.8) is 0 Å². The molecule has 2 aliphatic heterocycles. The van der Waals surface area contributed by atoms with Crippen LogP contribution in [-0.4, -0.2) is 62.9 Å². The Hall–Kier alpha value is -7.24. The summed E-state index contributed by atoms with van der Waals surface area (Å²) in [5.74, 6) is -5.32. The van der Waals surface area contributed by atoms with Gasteiger partial charge in [0, 0.05) is 23.3 Å². The Morgan fingerprint density at radius 2 is 0.917 bits per heavy atom. The minimum atomic E-state index is -4.24. The van der Waals surface area contributed by atoms with E-state index in [1.54, 1.807) is 12.1 Å². The van der Waals surface area contributed by atoms with Gasteiger partial charge in [0.2, 0.25) is 11.5 Å². The molecule has 0 amide bonds. The van der Waals surface area contributed by atoms with E-state index in [2.05, 4.69) is 22.6 Å². The number of hydrogen-bond acceptors (Lipinski definition) is 14. The highest BCUT2D eigenvalue weighted by molar-refractivity contribution is 5.93. The van der Waals surface area contributed by atoms with E-state index in [0.29, 0.717) is 38.0 Å². The first-order chi connectivity index (χ1) is 28.8. The number of unbranched alkanes of at least 4 members (excludes halogenated alkanes) is 2. The van der Waals surface area contributed by atoms with Gasteiger partial charge in [0.1, 0.15) is 11.5 Å². The van der Waals surface area contributed by atoms with Gasteiger partial charge in [-0.25, -0.2) is 19.2 Å². The largest absolute Gasteiger partial charge is 0.586 e. The summed E-state index contributed by atoms with van der Waals surface area (Å²) in [6.07, 6.45) is -4.32. The third-order valence-electron chi connectivity index (χ3n) is 8.34. The highest BCUT2D eigenvalue weighted by Crippen LogP contribution is 2.58. The molecular formula is C42H34F4O14. The van der Waals surface area contributed by atoms with Crippen LogP contribution < -0.4 is 37.9 Å². The number of ether oxygens (including phenoxy) is 10. The molecule has 0 unspecified atom stereocenters. The lowest BCUT2D eigenvalue weighted by atomic mass is 10.0. The molecule has 6 rings (SSSR count). The summed E-state index contributed by atoms with van der Waals surface area (Å²) in [4.78, 5) is 48.1. The first-order valence-electron chi connectivity index (χ1n) is 18.1. The fourth-order valence-electron chi connectivity index (χ4n) is 5.54. The predicted molar refractivity (Wildman–Crippen MR) is 199 cm³/mol. The molecule has 0 fully saturated rings. The molecule has 0 N–H and O–H groups in total. The van der Waals surface area contributed by atoms with Crippen LogP contribution >= 0.6 is 0 Å². The van der Waals surface area contributed by atoms with Gasteiger partial charge in [0.05, 0.1) is 37.6 Å². The lowest BCUT2D eigenvalue weighted by molar-refractivity contribution is -0.288. The summed E-state index contributed by atoms with van der Waals surface area (Å²) in [6.45, 7) is 7.29. The molecule has 0 aliphatic carbocycles. The third kappa shape index (κ3) is 10.6. The number of rotatable bonds is 19. The fraction of sp³-hybridized carbons (Fsp3) is 0.238. The minimum Gasteiger partial charge on any atom is -0.494 e. The standard InChI is InChI=1S/C42H34F4O14/c1-3-33(47)53-23-7-5-21-51-27-13-9-25(10-14-27)39(49)55-28-15-11-26(12-16-28)40(50)56-32-20-18-30(36-38(32)60-42(45,46)58-36)29-17-19-31(37-35(29)57-41(43,44)59-37)52-22-6-8-24-54-34(48)4-2/h3-4,9-20H,1-2,5-8,21-24H2. The third-order valence-corrected chi connectivity index (χ3v) is 8.34. The smallest absolute Gasteiger partial charge is 0.494 e. The first-order valence-corrected chi connectivity index (χ1v) is 18.1. The number of halogens is 4. The molecule has 0 bridgehead atoms. The summed E-state index contributed by atoms with van der Waals surface area (Å²) < 4.78 is 109. The van der Waals surface area contributed by atoms with E-state index in [4.69, 9.17) is 37.9 Å². The molecule has 0 radical (unpaired) electrons. The van der Waals surface area contributed by atoms with E-state index in [-0.39, 0.29) is 53.6 Å². The Bertz CT molecular complexity index is 2260. The van der Waals surface area contributed by atoms with E-state index < -0.39 is 65.2 Å². The average molecular weight is 839 g/mol. The van der Waals surface area contributed by atoms with E-state index in [1.165, 1.54) is 54.6 Å². The van der Waals surface area contributed by atoms with Crippen molar-refractivity contribution in [1.82, 2.24) is 0 Å². The van der Waals surface area contributed by atoms with Gasteiger partial charge in [-0.2, -0.15) is 0 Å². The van der Waals surface area contributed by atoms with Crippen molar-refractivity contribution in [2.45, 2.75) is 38.3 Å². The van der Waals surface area contributed by atoms with Crippen LogP contribution in [0.2, 0.25) is 0 Å². The number of fused-ring (bicyclic) bond motifs is 2. The van der Waals surface area contributed by atoms with Crippen LogP contribution in [0.15, 0.2) is 98.1 Å². The fourth-order valence-corrected chi connectivity index (χ4v) is 5.54. The Morgan fingerprint density at radius 1 is 0.500 bits per heavy atom. The molecule has 0 aromatic heterocycles. The second-order valence-electron chi connectivity index (χ2n) is 12.6. The van der Waals surface area contributed by atoms with Gasteiger partial charge in [0.25, 0.3) is 0 Å². The molecule has 4 aromatic carbocycles. The van der Waals surface area contributed by atoms with Crippen molar-refractivity contribution >= 4 is 23.9 Å². The number of esters is 4. The van der Waals surface area contributed by atoms with E-state index >= 15 is 0 Å². The first kappa shape index (κ1) is 42.4. The Morgan fingerprint density at radius 3 is 1.43 bits per heavy atom. The summed E-state index contributed by atoms with van der Waals surface area (Å²) in [5.41, 5.74) is -0.243. The van der Waals surface area contributed by atoms with Crippen LogP contribution in [0.1, 0.15) is 46.4 Å². The number of carbonyl (C=O) groups excluding carboxylic acids is 4. The van der Waals surface area contributed by atoms with E-state index in [1.807, 2.05) is 0 Å². The number of carbonyl (C=O) groups is 4. The molecule has 18 heteroatoms. The van der Waals surface area contributed by atoms with E-state index in [9.17, 15) is 36.7 Å². The highest BCUT2D eigenvalue weighted by Gasteiger charge is 2.50. The van der Waals surface area contributed by atoms with Gasteiger partial charge in [0.15, 0.2) is 23.0 Å². The van der Waals surface area contributed by atoms with Gasteiger partial charge < -0.3 is 47.4 Å². The molecule has 14 nitrogen and oxygen atoms in total. The number of benzene rings is 4. The maximum Gasteiger partial charge on any atom is 0.586 e. The number of alkyl halides is 4. The molecule has 4 aromatic rings. The van der Waals surface area contributed by atoms with Gasteiger partial charge in [-0.05, 0) is 98.5 Å². The molecule has 2 heterocycles. The SMILES string of the molecule is C=CC(=O)OCCCCOc1ccc(C(=O)Oc2ccc(C(=O)Oc3ccc(-c4ccc(OCCCCOC(=O)C=C)c5c4OC(F)(F)O5)c4c3OC(F)(F)O4)cc2)cc1. The van der Waals surface area contributed by atoms with Crippen LogP contribution in [-0.2, 0) is 19.1 Å². The van der Waals surface area contributed by atoms with Gasteiger partial charge in [-0.3, -0.25) is 0 Å². The van der Waals surface area contributed by atoms with Crippen molar-refractivity contribution < 1.29 is 84.1 Å². The molecular weight excluding hydrogens is 804 g/mol. The molecule has 60 heavy (non-hydrogen) atoms. The maximum absolute atomic E-state index is 14.6. The van der Waals surface area contributed by atoms with Crippen LogP contribution in [0, 0.1) is 0 Å². The van der Waals surface area contributed by atoms with Crippen molar-refractivity contribution in [2.75, 3.05) is 26.4 Å². The van der Waals surface area contributed by atoms with E-state index in [0.717, 1.165) is 18.2 Å². The highest BCUT2D eigenvalue weighted by atomic mass is 19.3. The topological polar surface area (TPSA) is 161 Å². The summed E-state index contributed by atoms with van der Waals surface area (Å²) in [7, 11) is 0. The second kappa shape index (κ2) is 18.6. The van der Waals surface area contributed by atoms with Gasteiger partial charge >= 0.3 is 36.5 Å². The van der Waals surface area contributed by atoms with Crippen LogP contribution in [0.25, 0.3) is 11.1 Å². The van der Waals surface area contributed by atoms with Crippen molar-refractivity contribution in [1.29, 1.82) is 0 Å². The van der Waals surface area contributed by atoms with Crippen molar-refractivity contribution in [3.8, 4) is 57.1 Å². The van der Waals surface area contributed by atoms with Crippen LogP contribution in [0.3, 0.4) is 0 Å². The summed E-state index contributed by atoms with van der Waals surface area (Å²) in [6, 6.07) is 16.1. The zero-order valence-corrected chi connectivity index (χ0v) is 31.4.